The van der Waals surface area contributed by atoms with Crippen LogP contribution >= 0.6 is 27.5 Å². The third-order valence-electron chi connectivity index (χ3n) is 1.89. The van der Waals surface area contributed by atoms with Crippen LogP contribution in [0.2, 0.25) is 5.02 Å². The van der Waals surface area contributed by atoms with Crippen LogP contribution in [0.15, 0.2) is 16.6 Å². The molecule has 4 nitrogen and oxygen atoms in total. The van der Waals surface area contributed by atoms with Crippen LogP contribution in [0.5, 0.6) is 5.75 Å². The van der Waals surface area contributed by atoms with Gasteiger partial charge < -0.3 is 15.8 Å². The Hall–Kier alpha value is -0.920. The molecule has 0 aliphatic carbocycles. The number of carbonyl (C=O) groups excluding carboxylic acids is 1. The normalized spacial score (nSPS) is 12.4. The van der Waals surface area contributed by atoms with E-state index in [4.69, 9.17) is 17.3 Å². The highest BCUT2D eigenvalue weighted by Gasteiger charge is 2.17. The molecular weight excluding hydrogens is 333 g/mol. The van der Waals surface area contributed by atoms with Gasteiger partial charge in [-0.2, -0.15) is 8.78 Å². The maximum absolute atomic E-state index is 12.3. The Morgan fingerprint density at radius 1 is 1.56 bits per heavy atom. The first-order valence-electron chi connectivity index (χ1n) is 4.81. The van der Waals surface area contributed by atoms with Crippen LogP contribution in [0, 0.1) is 0 Å². The zero-order valence-corrected chi connectivity index (χ0v) is 11.6. The number of alkyl halides is 2. The molecule has 0 saturated carbocycles. The van der Waals surface area contributed by atoms with E-state index in [9.17, 15) is 13.6 Å². The van der Waals surface area contributed by atoms with Gasteiger partial charge in [-0.05, 0) is 35.0 Å². The fourth-order valence-electron chi connectivity index (χ4n) is 1.11. The zero-order valence-electron chi connectivity index (χ0n) is 9.22. The predicted molar refractivity (Wildman–Crippen MR) is 68.1 cm³/mol. The van der Waals surface area contributed by atoms with E-state index in [0.29, 0.717) is 0 Å². The molecule has 0 aromatic heterocycles. The van der Waals surface area contributed by atoms with E-state index in [2.05, 4.69) is 26.0 Å². The molecule has 100 valence electrons. The van der Waals surface area contributed by atoms with Crippen LogP contribution in [0.25, 0.3) is 0 Å². The molecule has 3 N–H and O–H groups in total. The summed E-state index contributed by atoms with van der Waals surface area (Å²) in [6.45, 7) is -1.56. The fraction of sp³-hybridized carbons (Fsp3) is 0.300. The first kappa shape index (κ1) is 15.1. The van der Waals surface area contributed by atoms with E-state index < -0.39 is 18.6 Å². The topological polar surface area (TPSA) is 64.4 Å². The minimum atomic E-state index is -3.02. The second-order valence-electron chi connectivity index (χ2n) is 3.42. The summed E-state index contributed by atoms with van der Waals surface area (Å²) in [6, 6.07) is 1.88. The van der Waals surface area contributed by atoms with Gasteiger partial charge in [-0.3, -0.25) is 4.79 Å². The van der Waals surface area contributed by atoms with Gasteiger partial charge in [0.05, 0.1) is 16.2 Å². The summed E-state index contributed by atoms with van der Waals surface area (Å²) in [5, 5.41) is 2.61. The number of halogens is 4. The average Bonchev–Trinajstić information content (AvgIpc) is 2.22. The highest BCUT2D eigenvalue weighted by molar-refractivity contribution is 9.10. The lowest BCUT2D eigenvalue weighted by Crippen LogP contribution is -2.32. The maximum atomic E-state index is 12.3. The van der Waals surface area contributed by atoms with Gasteiger partial charge in [-0.1, -0.05) is 11.6 Å². The Morgan fingerprint density at radius 3 is 2.67 bits per heavy atom. The molecule has 0 unspecified atom stereocenters. The number of ether oxygens (including phenoxy) is 1. The van der Waals surface area contributed by atoms with Crippen molar-refractivity contribution in [1.82, 2.24) is 0 Å². The molecule has 1 aromatic rings. The number of nitrogens with two attached hydrogens (primary N) is 1. The maximum Gasteiger partial charge on any atom is 0.387 e. The van der Waals surface area contributed by atoms with Crippen LogP contribution in [0.1, 0.15) is 6.92 Å². The monoisotopic (exact) mass is 342 g/mol. The van der Waals surface area contributed by atoms with Crippen molar-refractivity contribution < 1.29 is 18.3 Å². The van der Waals surface area contributed by atoms with E-state index in [1.165, 1.54) is 19.1 Å². The zero-order chi connectivity index (χ0) is 13.9. The molecule has 1 amide bonds. The van der Waals surface area contributed by atoms with E-state index >= 15 is 0 Å². The molecule has 0 fully saturated rings. The number of rotatable bonds is 4. The van der Waals surface area contributed by atoms with Gasteiger partial charge in [0.2, 0.25) is 5.91 Å². The first-order valence-corrected chi connectivity index (χ1v) is 5.98. The van der Waals surface area contributed by atoms with Crippen LogP contribution in [0.4, 0.5) is 14.5 Å². The summed E-state index contributed by atoms with van der Waals surface area (Å²) in [5.74, 6) is -0.744. The lowest BCUT2D eigenvalue weighted by atomic mass is 10.2. The van der Waals surface area contributed by atoms with E-state index in [1.807, 2.05) is 0 Å². The van der Waals surface area contributed by atoms with Crippen LogP contribution < -0.4 is 15.8 Å². The molecule has 18 heavy (non-hydrogen) atoms. The van der Waals surface area contributed by atoms with Crippen molar-refractivity contribution in [2.24, 2.45) is 5.73 Å². The van der Waals surface area contributed by atoms with Gasteiger partial charge >= 0.3 is 6.61 Å². The smallest absolute Gasteiger partial charge is 0.387 e. The molecule has 0 spiro atoms. The summed E-state index contributed by atoms with van der Waals surface area (Å²) in [4.78, 5) is 11.4. The van der Waals surface area contributed by atoms with Gasteiger partial charge in [0.1, 0.15) is 0 Å². The fourth-order valence-corrected chi connectivity index (χ4v) is 2.01. The molecule has 1 aromatic carbocycles. The summed E-state index contributed by atoms with van der Waals surface area (Å²) in [6.07, 6.45) is 0. The third-order valence-corrected chi connectivity index (χ3v) is 2.69. The number of hydrogen-bond acceptors (Lipinski definition) is 3. The predicted octanol–water partition coefficient (Wildman–Crippen LogP) is 2.99. The van der Waals surface area contributed by atoms with Gasteiger partial charge in [-0.15, -0.1) is 0 Å². The second kappa shape index (κ2) is 6.31. The van der Waals surface area contributed by atoms with Crippen LogP contribution in [0.3, 0.4) is 0 Å². The van der Waals surface area contributed by atoms with Crippen molar-refractivity contribution in [3.63, 3.8) is 0 Å². The summed E-state index contributed by atoms with van der Waals surface area (Å²) in [5.41, 5.74) is 5.39. The van der Waals surface area contributed by atoms with Crippen LogP contribution in [-0.2, 0) is 4.79 Å². The summed E-state index contributed by atoms with van der Waals surface area (Å²) in [7, 11) is 0. The van der Waals surface area contributed by atoms with E-state index in [-0.39, 0.29) is 20.9 Å². The average molecular weight is 344 g/mol. The van der Waals surface area contributed by atoms with Crippen LogP contribution in [-0.4, -0.2) is 18.6 Å². The minimum absolute atomic E-state index is 0.0250. The van der Waals surface area contributed by atoms with Gasteiger partial charge in [-0.25, -0.2) is 0 Å². The van der Waals surface area contributed by atoms with Crippen molar-refractivity contribution in [2.75, 3.05) is 5.32 Å². The highest BCUT2D eigenvalue weighted by atomic mass is 79.9. The molecule has 1 rings (SSSR count). The van der Waals surface area contributed by atoms with Crippen molar-refractivity contribution in [1.29, 1.82) is 0 Å². The Balaban J connectivity index is 3.11. The third kappa shape index (κ3) is 4.08. The lowest BCUT2D eigenvalue weighted by Gasteiger charge is -2.15. The Kier molecular flexibility index (Phi) is 5.30. The SMILES string of the molecule is C[C@@H](N)C(=O)Nc1cc(Cl)cc(Br)c1OC(F)F. The molecule has 0 aliphatic heterocycles. The highest BCUT2D eigenvalue weighted by Crippen LogP contribution is 2.37. The summed E-state index contributed by atoms with van der Waals surface area (Å²) < 4.78 is 29.0. The Labute approximate surface area is 116 Å². The number of amides is 1. The van der Waals surface area contributed by atoms with Crippen molar-refractivity contribution in [3.8, 4) is 5.75 Å². The number of carbonyl (C=O) groups is 1. The summed E-state index contributed by atoms with van der Waals surface area (Å²) >= 11 is 8.79. The second-order valence-corrected chi connectivity index (χ2v) is 4.71. The van der Waals surface area contributed by atoms with Gasteiger partial charge in [0.15, 0.2) is 5.75 Å². The molecule has 0 saturated heterocycles. The standard InChI is InChI=1S/C10H10BrClF2N2O2/c1-4(15)9(17)16-7-3-5(12)2-6(11)8(7)18-10(13)14/h2-4,10H,15H2,1H3,(H,16,17)/t4-/m1/s1. The molecule has 0 heterocycles. The number of hydrogen-bond donors (Lipinski definition) is 2. The van der Waals surface area contributed by atoms with Gasteiger partial charge in [0, 0.05) is 5.02 Å². The molecule has 0 bridgehead atoms. The van der Waals surface area contributed by atoms with Gasteiger partial charge in [0.25, 0.3) is 0 Å². The molecule has 0 aliphatic rings. The number of anilines is 1. The van der Waals surface area contributed by atoms with E-state index in [0.717, 1.165) is 0 Å². The van der Waals surface area contributed by atoms with Crippen molar-refractivity contribution in [2.45, 2.75) is 19.6 Å². The molecule has 1 atom stereocenters. The minimum Gasteiger partial charge on any atom is -0.431 e. The first-order chi connectivity index (χ1) is 8.31. The molecular formula is C10H10BrClF2N2O2. The number of nitrogens with one attached hydrogen (secondary N) is 1. The number of benzene rings is 1. The molecule has 0 radical (unpaired) electrons. The lowest BCUT2D eigenvalue weighted by molar-refractivity contribution is -0.117. The van der Waals surface area contributed by atoms with Crippen molar-refractivity contribution >= 4 is 39.1 Å². The molecule has 8 heteroatoms. The van der Waals surface area contributed by atoms with E-state index in [1.54, 1.807) is 0 Å². The Morgan fingerprint density at radius 2 is 2.17 bits per heavy atom. The Bertz CT molecular complexity index is 458. The van der Waals surface area contributed by atoms with Crippen molar-refractivity contribution in [3.05, 3.63) is 21.6 Å². The quantitative estimate of drug-likeness (QED) is 0.883. The largest absolute Gasteiger partial charge is 0.431 e.